The highest BCUT2D eigenvalue weighted by molar-refractivity contribution is 8.00. The minimum atomic E-state index is -1.22. The third kappa shape index (κ3) is 3.84. The molecule has 0 saturated heterocycles. The minimum absolute atomic E-state index is 0.00802. The number of carbonyl (C=O) groups excluding carboxylic acids is 1. The molecule has 2 N–H and O–H groups in total. The Morgan fingerprint density at radius 3 is 2.84 bits per heavy atom. The summed E-state index contributed by atoms with van der Waals surface area (Å²) < 4.78 is 14.0. The Kier molecular flexibility index (Phi) is 5.67. The van der Waals surface area contributed by atoms with Crippen LogP contribution >= 0.6 is 23.4 Å². The van der Waals surface area contributed by atoms with Gasteiger partial charge in [0.05, 0.1) is 6.04 Å². The van der Waals surface area contributed by atoms with Crippen molar-refractivity contribution < 1.29 is 14.3 Å². The zero-order valence-electron chi connectivity index (χ0n) is 13.7. The third-order valence-corrected chi connectivity index (χ3v) is 5.94. The smallest absolute Gasteiger partial charge is 0.237 e. The van der Waals surface area contributed by atoms with Gasteiger partial charge in [-0.05, 0) is 42.4 Å². The molecular formula is C19H19ClFNO2S. The number of amides is 1. The van der Waals surface area contributed by atoms with Gasteiger partial charge in [0.25, 0.3) is 0 Å². The lowest BCUT2D eigenvalue weighted by atomic mass is 9.99. The lowest BCUT2D eigenvalue weighted by Gasteiger charge is -2.27. The maximum absolute atomic E-state index is 14.0. The van der Waals surface area contributed by atoms with E-state index in [4.69, 9.17) is 11.6 Å². The average molecular weight is 380 g/mol. The van der Waals surface area contributed by atoms with E-state index in [1.807, 2.05) is 24.3 Å². The molecule has 25 heavy (non-hydrogen) atoms. The van der Waals surface area contributed by atoms with Crippen molar-refractivity contribution in [1.82, 2.24) is 5.32 Å². The van der Waals surface area contributed by atoms with Crippen LogP contribution in [0.2, 0.25) is 5.02 Å². The van der Waals surface area contributed by atoms with Crippen LogP contribution in [0.25, 0.3) is 0 Å². The first-order chi connectivity index (χ1) is 12.0. The summed E-state index contributed by atoms with van der Waals surface area (Å²) in [6.07, 6.45) is -0.283. The summed E-state index contributed by atoms with van der Waals surface area (Å²) >= 11 is 7.58. The van der Waals surface area contributed by atoms with E-state index in [2.05, 4.69) is 5.32 Å². The Morgan fingerprint density at radius 1 is 1.32 bits per heavy atom. The molecule has 0 radical (unpaired) electrons. The van der Waals surface area contributed by atoms with Crippen LogP contribution in [0.15, 0.2) is 42.5 Å². The predicted molar refractivity (Wildman–Crippen MR) is 99.3 cm³/mol. The number of halogens is 2. The van der Waals surface area contributed by atoms with Gasteiger partial charge in [0.15, 0.2) is 0 Å². The number of carbonyl (C=O) groups is 1. The van der Waals surface area contributed by atoms with E-state index < -0.39 is 18.0 Å². The van der Waals surface area contributed by atoms with Crippen LogP contribution in [0.5, 0.6) is 0 Å². The summed E-state index contributed by atoms with van der Waals surface area (Å²) in [7, 11) is 0. The zero-order chi connectivity index (χ0) is 18.0. The molecule has 1 aliphatic rings. The molecule has 6 heteroatoms. The summed E-state index contributed by atoms with van der Waals surface area (Å²) in [5.74, 6) is 0.0974. The quantitative estimate of drug-likeness (QED) is 0.842. The van der Waals surface area contributed by atoms with Crippen LogP contribution in [0.3, 0.4) is 0 Å². The first-order valence-corrected chi connectivity index (χ1v) is 9.53. The molecule has 0 aliphatic carbocycles. The maximum Gasteiger partial charge on any atom is 0.237 e. The zero-order valence-corrected chi connectivity index (χ0v) is 15.3. The van der Waals surface area contributed by atoms with E-state index in [0.29, 0.717) is 0 Å². The summed E-state index contributed by atoms with van der Waals surface area (Å²) in [6.45, 7) is 1.64. The average Bonchev–Trinajstić information content (AvgIpc) is 2.60. The Morgan fingerprint density at radius 2 is 2.08 bits per heavy atom. The number of fused-ring (bicyclic) bond motifs is 1. The number of aliphatic hydroxyl groups is 1. The lowest BCUT2D eigenvalue weighted by Crippen LogP contribution is -2.40. The van der Waals surface area contributed by atoms with Crippen LogP contribution in [-0.4, -0.2) is 22.8 Å². The van der Waals surface area contributed by atoms with Crippen molar-refractivity contribution >= 4 is 29.3 Å². The van der Waals surface area contributed by atoms with Crippen molar-refractivity contribution in [3.8, 4) is 0 Å². The maximum atomic E-state index is 14.0. The van der Waals surface area contributed by atoms with Crippen molar-refractivity contribution in [2.24, 2.45) is 0 Å². The van der Waals surface area contributed by atoms with E-state index in [-0.39, 0.29) is 21.7 Å². The SMILES string of the molecule is C[C@H](NC(=O)[C@H]1SCCc2ccccc21)[C@H](O)c1c(F)cccc1Cl. The molecule has 1 aliphatic heterocycles. The van der Waals surface area contributed by atoms with Crippen molar-refractivity contribution in [3.63, 3.8) is 0 Å². The van der Waals surface area contributed by atoms with E-state index >= 15 is 0 Å². The topological polar surface area (TPSA) is 49.3 Å². The Balaban J connectivity index is 1.75. The predicted octanol–water partition coefficient (Wildman–Crippen LogP) is 4.05. The van der Waals surface area contributed by atoms with Crippen LogP contribution < -0.4 is 5.32 Å². The second kappa shape index (κ2) is 7.77. The fourth-order valence-corrected chi connectivity index (χ4v) is 4.51. The van der Waals surface area contributed by atoms with Crippen molar-refractivity contribution in [2.45, 2.75) is 30.7 Å². The van der Waals surface area contributed by atoms with E-state index in [0.717, 1.165) is 17.7 Å². The van der Waals surface area contributed by atoms with E-state index in [1.165, 1.54) is 23.8 Å². The normalized spacial score (nSPS) is 19.0. The van der Waals surface area contributed by atoms with Crippen LogP contribution in [0.4, 0.5) is 4.39 Å². The lowest BCUT2D eigenvalue weighted by molar-refractivity contribution is -0.122. The minimum Gasteiger partial charge on any atom is -0.386 e. The van der Waals surface area contributed by atoms with Crippen LogP contribution in [0.1, 0.15) is 35.0 Å². The molecule has 2 aromatic rings. The van der Waals surface area contributed by atoms with Gasteiger partial charge in [0.2, 0.25) is 5.91 Å². The second-order valence-electron chi connectivity index (χ2n) is 6.08. The van der Waals surface area contributed by atoms with Gasteiger partial charge >= 0.3 is 0 Å². The fraction of sp³-hybridized carbons (Fsp3) is 0.316. The van der Waals surface area contributed by atoms with Gasteiger partial charge in [-0.25, -0.2) is 4.39 Å². The van der Waals surface area contributed by atoms with Crippen molar-refractivity contribution in [3.05, 3.63) is 70.0 Å². The number of aryl methyl sites for hydroxylation is 1. The fourth-order valence-electron chi connectivity index (χ4n) is 3.03. The number of hydrogen-bond donors (Lipinski definition) is 2. The number of thioether (sulfide) groups is 1. The molecule has 132 valence electrons. The summed E-state index contributed by atoms with van der Waals surface area (Å²) in [5, 5.41) is 13.1. The molecule has 1 amide bonds. The van der Waals surface area contributed by atoms with Gasteiger partial charge < -0.3 is 10.4 Å². The highest BCUT2D eigenvalue weighted by Gasteiger charge is 2.30. The standard InChI is InChI=1S/C19H19ClFNO2S/c1-11(17(23)16-14(20)7-4-8-15(16)21)22-19(24)18-13-6-3-2-5-12(13)9-10-25-18/h2-8,11,17-18,23H,9-10H2,1H3,(H,22,24)/t11-,17-,18-/m0/s1. The van der Waals surface area contributed by atoms with Crippen molar-refractivity contribution in [1.29, 1.82) is 0 Å². The molecule has 0 saturated carbocycles. The molecule has 3 nitrogen and oxygen atoms in total. The molecular weight excluding hydrogens is 361 g/mol. The first-order valence-electron chi connectivity index (χ1n) is 8.10. The Bertz CT molecular complexity index is 766. The molecule has 0 bridgehead atoms. The number of hydrogen-bond acceptors (Lipinski definition) is 3. The van der Waals surface area contributed by atoms with Crippen LogP contribution in [0, 0.1) is 5.82 Å². The van der Waals surface area contributed by atoms with Gasteiger partial charge in [-0.15, -0.1) is 11.8 Å². The third-order valence-electron chi connectivity index (χ3n) is 4.37. The molecule has 3 rings (SSSR count). The Labute approximate surface area is 155 Å². The van der Waals surface area contributed by atoms with Gasteiger partial charge in [0.1, 0.15) is 17.2 Å². The summed E-state index contributed by atoms with van der Waals surface area (Å²) in [5.41, 5.74) is 2.18. The van der Waals surface area contributed by atoms with Crippen LogP contribution in [-0.2, 0) is 11.2 Å². The summed E-state index contributed by atoms with van der Waals surface area (Å²) in [6, 6.07) is 11.5. The summed E-state index contributed by atoms with van der Waals surface area (Å²) in [4.78, 5) is 12.7. The monoisotopic (exact) mass is 379 g/mol. The molecule has 0 fully saturated rings. The first kappa shape index (κ1) is 18.2. The van der Waals surface area contributed by atoms with Gasteiger partial charge in [-0.3, -0.25) is 4.79 Å². The molecule has 0 unspecified atom stereocenters. The largest absolute Gasteiger partial charge is 0.386 e. The number of aliphatic hydroxyl groups excluding tert-OH is 1. The Hall–Kier alpha value is -1.56. The number of nitrogens with one attached hydrogen (secondary N) is 1. The van der Waals surface area contributed by atoms with E-state index in [9.17, 15) is 14.3 Å². The molecule has 3 atom stereocenters. The molecule has 0 spiro atoms. The highest BCUT2D eigenvalue weighted by Crippen LogP contribution is 2.37. The second-order valence-corrected chi connectivity index (χ2v) is 7.70. The van der Waals surface area contributed by atoms with E-state index in [1.54, 1.807) is 18.7 Å². The van der Waals surface area contributed by atoms with Gasteiger partial charge in [0, 0.05) is 10.6 Å². The van der Waals surface area contributed by atoms with Gasteiger partial charge in [-0.1, -0.05) is 41.9 Å². The molecule has 2 aromatic carbocycles. The molecule has 1 heterocycles. The molecule has 0 aromatic heterocycles. The van der Waals surface area contributed by atoms with Crippen molar-refractivity contribution in [2.75, 3.05) is 5.75 Å². The highest BCUT2D eigenvalue weighted by atomic mass is 35.5. The van der Waals surface area contributed by atoms with Gasteiger partial charge in [-0.2, -0.15) is 0 Å². The number of rotatable bonds is 4. The number of benzene rings is 2.